The molecule has 2 atom stereocenters. The summed E-state index contributed by atoms with van der Waals surface area (Å²) in [4.78, 5) is 33.9. The van der Waals surface area contributed by atoms with Crippen molar-refractivity contribution in [2.75, 3.05) is 49.5 Å². The van der Waals surface area contributed by atoms with E-state index in [2.05, 4.69) is 28.6 Å². The number of hydrogen-bond acceptors (Lipinski definition) is 6. The molecule has 1 fully saturated rings. The number of piperazine rings is 1. The highest BCUT2D eigenvalue weighted by Crippen LogP contribution is 2.21. The topological polar surface area (TPSA) is 101 Å². The van der Waals surface area contributed by atoms with Crippen LogP contribution in [0.2, 0.25) is 0 Å². The predicted molar refractivity (Wildman–Crippen MR) is 149 cm³/mol. The first kappa shape index (κ1) is 26.8. The molecular weight excluding hydrogens is 476 g/mol. The highest BCUT2D eigenvalue weighted by molar-refractivity contribution is 5.95. The summed E-state index contributed by atoms with van der Waals surface area (Å²) < 4.78 is 0. The van der Waals surface area contributed by atoms with E-state index in [4.69, 9.17) is 5.26 Å². The third-order valence-corrected chi connectivity index (χ3v) is 6.99. The smallest absolute Gasteiger partial charge is 0.242 e. The minimum Gasteiger partial charge on any atom is -0.359 e. The lowest BCUT2D eigenvalue weighted by atomic mass is 9.96. The maximum absolute atomic E-state index is 13.3. The Hall–Kier alpha value is -4.22. The molecule has 3 aromatic rings. The first-order valence-electron chi connectivity index (χ1n) is 13.0. The number of pyridine rings is 1. The van der Waals surface area contributed by atoms with Crippen molar-refractivity contribution < 1.29 is 9.59 Å². The quantitative estimate of drug-likeness (QED) is 0.431. The molecule has 0 spiro atoms. The van der Waals surface area contributed by atoms with E-state index in [1.807, 2.05) is 77.4 Å². The van der Waals surface area contributed by atoms with Gasteiger partial charge in [0.15, 0.2) is 0 Å². The number of aromatic nitrogens is 1. The van der Waals surface area contributed by atoms with Crippen molar-refractivity contribution >= 4 is 23.3 Å². The van der Waals surface area contributed by atoms with Gasteiger partial charge in [0.25, 0.3) is 0 Å². The molecule has 0 saturated carbocycles. The third-order valence-electron chi connectivity index (χ3n) is 6.99. The van der Waals surface area contributed by atoms with Crippen LogP contribution >= 0.6 is 0 Å². The molecule has 1 aliphatic rings. The van der Waals surface area contributed by atoms with Gasteiger partial charge in [0.2, 0.25) is 11.8 Å². The van der Waals surface area contributed by atoms with Crippen LogP contribution in [0, 0.1) is 11.3 Å². The Morgan fingerprint density at radius 1 is 1.03 bits per heavy atom. The highest BCUT2D eigenvalue weighted by atomic mass is 16.2. The summed E-state index contributed by atoms with van der Waals surface area (Å²) >= 11 is 0. The van der Waals surface area contributed by atoms with Crippen LogP contribution in [-0.4, -0.2) is 61.0 Å². The molecule has 38 heavy (non-hydrogen) atoms. The molecule has 2 heterocycles. The Bertz CT molecular complexity index is 1250. The van der Waals surface area contributed by atoms with Gasteiger partial charge in [-0.1, -0.05) is 49.4 Å². The average molecular weight is 511 g/mol. The van der Waals surface area contributed by atoms with Gasteiger partial charge >= 0.3 is 0 Å². The number of carbonyl (C=O) groups is 2. The minimum absolute atomic E-state index is 0.114. The lowest BCUT2D eigenvalue weighted by Gasteiger charge is -2.34. The lowest BCUT2D eigenvalue weighted by molar-refractivity contribution is -0.130. The summed E-state index contributed by atoms with van der Waals surface area (Å²) in [6.07, 6.45) is 1.71. The maximum Gasteiger partial charge on any atom is 0.242 e. The van der Waals surface area contributed by atoms with Crippen LogP contribution in [0.4, 0.5) is 11.5 Å². The normalized spacial score (nSPS) is 15.0. The number of benzene rings is 2. The molecule has 1 saturated heterocycles. The number of likely N-dealkylation sites (N-methyl/N-ethyl adjacent to an activating group) is 1. The molecule has 1 aliphatic heterocycles. The lowest BCUT2D eigenvalue weighted by Crippen LogP contribution is -2.50. The molecule has 0 radical (unpaired) electrons. The second kappa shape index (κ2) is 12.8. The van der Waals surface area contributed by atoms with Gasteiger partial charge in [0, 0.05) is 32.7 Å². The number of carbonyl (C=O) groups excluding carboxylic acids is 2. The SMILES string of the molecule is CCN1CCN(c2ccc(NC(=O)C(CNC[C@@H](C)c3ccc(C#N)cc3)c3ccccc3)nc2)CC1=O. The third kappa shape index (κ3) is 6.75. The second-order valence-electron chi connectivity index (χ2n) is 9.54. The van der Waals surface area contributed by atoms with E-state index < -0.39 is 5.92 Å². The van der Waals surface area contributed by atoms with Crippen molar-refractivity contribution in [3.05, 3.63) is 89.6 Å². The van der Waals surface area contributed by atoms with Crippen molar-refractivity contribution in [3.8, 4) is 6.07 Å². The molecule has 2 N–H and O–H groups in total. The molecule has 2 amide bonds. The van der Waals surface area contributed by atoms with Crippen molar-refractivity contribution in [1.82, 2.24) is 15.2 Å². The Morgan fingerprint density at radius 2 is 1.79 bits per heavy atom. The number of nitrogens with zero attached hydrogens (tertiary/aromatic N) is 4. The van der Waals surface area contributed by atoms with E-state index in [9.17, 15) is 9.59 Å². The summed E-state index contributed by atoms with van der Waals surface area (Å²) in [6, 6.07) is 23.1. The van der Waals surface area contributed by atoms with Crippen LogP contribution < -0.4 is 15.5 Å². The summed E-state index contributed by atoms with van der Waals surface area (Å²) in [6.45, 7) is 7.79. The van der Waals surface area contributed by atoms with E-state index in [1.165, 1.54) is 0 Å². The predicted octanol–water partition coefficient (Wildman–Crippen LogP) is 3.74. The van der Waals surface area contributed by atoms with Gasteiger partial charge in [0.05, 0.1) is 36.0 Å². The molecule has 0 aliphatic carbocycles. The number of rotatable bonds is 10. The fraction of sp³-hybridized carbons (Fsp3) is 0.333. The van der Waals surface area contributed by atoms with Gasteiger partial charge in [-0.25, -0.2) is 4.98 Å². The van der Waals surface area contributed by atoms with Gasteiger partial charge in [0.1, 0.15) is 5.82 Å². The first-order chi connectivity index (χ1) is 18.5. The maximum atomic E-state index is 13.3. The van der Waals surface area contributed by atoms with Gasteiger partial charge in [-0.05, 0) is 48.2 Å². The largest absolute Gasteiger partial charge is 0.359 e. The van der Waals surface area contributed by atoms with Gasteiger partial charge in [-0.2, -0.15) is 5.26 Å². The van der Waals surface area contributed by atoms with Crippen LogP contribution in [-0.2, 0) is 9.59 Å². The van der Waals surface area contributed by atoms with E-state index in [1.54, 1.807) is 12.3 Å². The van der Waals surface area contributed by atoms with E-state index in [0.717, 1.165) is 29.9 Å². The summed E-state index contributed by atoms with van der Waals surface area (Å²) in [5, 5.41) is 15.4. The van der Waals surface area contributed by atoms with Crippen LogP contribution in [0.1, 0.15) is 42.4 Å². The van der Waals surface area contributed by atoms with E-state index >= 15 is 0 Å². The van der Waals surface area contributed by atoms with Crippen molar-refractivity contribution in [3.63, 3.8) is 0 Å². The zero-order valence-electron chi connectivity index (χ0n) is 21.9. The Labute approximate surface area is 224 Å². The van der Waals surface area contributed by atoms with Gasteiger partial charge in [-0.3, -0.25) is 9.59 Å². The number of nitrogens with one attached hydrogen (secondary N) is 2. The van der Waals surface area contributed by atoms with Crippen LogP contribution in [0.15, 0.2) is 72.9 Å². The van der Waals surface area contributed by atoms with Crippen LogP contribution in [0.25, 0.3) is 0 Å². The monoisotopic (exact) mass is 510 g/mol. The van der Waals surface area contributed by atoms with Crippen molar-refractivity contribution in [1.29, 1.82) is 5.26 Å². The molecule has 2 aromatic carbocycles. The molecule has 1 aromatic heterocycles. The van der Waals surface area contributed by atoms with Gasteiger partial charge < -0.3 is 20.4 Å². The van der Waals surface area contributed by atoms with Crippen LogP contribution in [0.3, 0.4) is 0 Å². The molecule has 0 bridgehead atoms. The van der Waals surface area contributed by atoms with E-state index in [0.29, 0.717) is 37.6 Å². The molecular formula is C30H34N6O2. The Balaban J connectivity index is 1.37. The van der Waals surface area contributed by atoms with Crippen LogP contribution in [0.5, 0.6) is 0 Å². The summed E-state index contributed by atoms with van der Waals surface area (Å²) in [5.74, 6) is 0.279. The highest BCUT2D eigenvalue weighted by Gasteiger charge is 2.24. The summed E-state index contributed by atoms with van der Waals surface area (Å²) in [5.41, 5.74) is 3.57. The van der Waals surface area contributed by atoms with Crippen molar-refractivity contribution in [2.45, 2.75) is 25.7 Å². The number of amides is 2. The first-order valence-corrected chi connectivity index (χ1v) is 13.0. The Kier molecular flexibility index (Phi) is 9.07. The zero-order chi connectivity index (χ0) is 26.9. The molecule has 8 heteroatoms. The van der Waals surface area contributed by atoms with E-state index in [-0.39, 0.29) is 17.7 Å². The van der Waals surface area contributed by atoms with Gasteiger partial charge in [-0.15, -0.1) is 0 Å². The zero-order valence-corrected chi connectivity index (χ0v) is 21.9. The average Bonchev–Trinajstić information content (AvgIpc) is 2.96. The fourth-order valence-electron chi connectivity index (χ4n) is 4.62. The minimum atomic E-state index is -0.398. The second-order valence-corrected chi connectivity index (χ2v) is 9.54. The standard InChI is InChI=1S/C30H34N6O2/c1-3-35-15-16-36(21-29(35)37)26-13-14-28(33-19-26)34-30(38)27(25-7-5-4-6-8-25)20-32-18-22(2)24-11-9-23(17-31)10-12-24/h4-14,19,22,27,32H,3,15-16,18,20-21H2,1-2H3,(H,33,34,38)/t22-,27?/m1/s1. The fourth-order valence-corrected chi connectivity index (χ4v) is 4.62. The molecule has 4 rings (SSSR count). The summed E-state index contributed by atoms with van der Waals surface area (Å²) in [7, 11) is 0. The molecule has 1 unspecified atom stereocenters. The molecule has 196 valence electrons. The number of anilines is 2. The number of nitriles is 1. The molecule has 8 nitrogen and oxygen atoms in total. The Morgan fingerprint density at radius 3 is 2.42 bits per heavy atom. The number of hydrogen-bond donors (Lipinski definition) is 2. The van der Waals surface area contributed by atoms with Crippen molar-refractivity contribution in [2.24, 2.45) is 0 Å².